The van der Waals surface area contributed by atoms with E-state index in [0.29, 0.717) is 22.9 Å². The molecule has 0 saturated heterocycles. The predicted octanol–water partition coefficient (Wildman–Crippen LogP) is 4.60. The molecule has 170 valence electrons. The second-order valence-corrected chi connectivity index (χ2v) is 7.54. The Bertz CT molecular complexity index is 1180. The van der Waals surface area contributed by atoms with Crippen molar-refractivity contribution >= 4 is 40.6 Å². The van der Waals surface area contributed by atoms with Crippen LogP contribution in [0.2, 0.25) is 0 Å². The molecule has 0 aliphatic heterocycles. The average Bonchev–Trinajstić information content (AvgIpc) is 2.82. The Morgan fingerprint density at radius 1 is 0.970 bits per heavy atom. The number of para-hydroxylation sites is 2. The summed E-state index contributed by atoms with van der Waals surface area (Å²) < 4.78 is 10.7. The number of nitro groups is 1. The zero-order chi connectivity index (χ0) is 23.8. The molecule has 0 unspecified atom stereocenters. The van der Waals surface area contributed by atoms with Gasteiger partial charge in [0.2, 0.25) is 0 Å². The number of nitrogens with one attached hydrogen (secondary N) is 2. The molecule has 10 heteroatoms. The van der Waals surface area contributed by atoms with E-state index in [1.54, 1.807) is 54.6 Å². The van der Waals surface area contributed by atoms with Crippen molar-refractivity contribution in [3.63, 3.8) is 0 Å². The highest BCUT2D eigenvalue weighted by Crippen LogP contribution is 2.27. The van der Waals surface area contributed by atoms with Crippen LogP contribution in [0, 0.1) is 10.1 Å². The van der Waals surface area contributed by atoms with Crippen LogP contribution in [0.5, 0.6) is 11.5 Å². The zero-order valence-corrected chi connectivity index (χ0v) is 18.7. The third-order valence-corrected chi connectivity index (χ3v) is 5.20. The third-order valence-electron chi connectivity index (χ3n) is 4.48. The summed E-state index contributed by atoms with van der Waals surface area (Å²) >= 11 is 1.37. The molecular formula is C23H21N3O6S. The number of benzene rings is 3. The maximum atomic E-state index is 12.7. The van der Waals surface area contributed by atoms with Gasteiger partial charge in [0.25, 0.3) is 17.5 Å². The lowest BCUT2D eigenvalue weighted by Crippen LogP contribution is -2.20. The number of thioether (sulfide) groups is 1. The number of anilines is 2. The highest BCUT2D eigenvalue weighted by molar-refractivity contribution is 7.98. The lowest BCUT2D eigenvalue weighted by molar-refractivity contribution is -0.385. The SMILES string of the molecule is COc1ccccc1OCC(=O)Nc1cccc(NC(=O)c2cc(SC)ccc2[N+](=O)[O-])c1. The molecule has 0 aliphatic rings. The molecule has 2 amide bonds. The van der Waals surface area contributed by atoms with Crippen molar-refractivity contribution in [1.82, 2.24) is 0 Å². The molecule has 3 rings (SSSR count). The Morgan fingerprint density at radius 3 is 2.33 bits per heavy atom. The summed E-state index contributed by atoms with van der Waals surface area (Å²) in [4.78, 5) is 36.4. The first-order valence-electron chi connectivity index (χ1n) is 9.70. The summed E-state index contributed by atoms with van der Waals surface area (Å²) in [5.41, 5.74) is 0.454. The Labute approximate surface area is 194 Å². The smallest absolute Gasteiger partial charge is 0.282 e. The minimum atomic E-state index is -0.624. The van der Waals surface area contributed by atoms with E-state index >= 15 is 0 Å². The summed E-state index contributed by atoms with van der Waals surface area (Å²) in [5, 5.41) is 16.6. The Hall–Kier alpha value is -4.05. The standard InChI is InChI=1S/C23H21N3O6S/c1-31-20-8-3-4-9-21(20)32-14-22(27)24-15-6-5-7-16(12-15)25-23(28)18-13-17(33-2)10-11-19(18)26(29)30/h3-13H,14H2,1-2H3,(H,24,27)(H,25,28). The van der Waals surface area contributed by atoms with E-state index in [1.165, 1.54) is 31.0 Å². The van der Waals surface area contributed by atoms with Crippen LogP contribution < -0.4 is 20.1 Å². The Kier molecular flexibility index (Phi) is 7.87. The summed E-state index contributed by atoms with van der Waals surface area (Å²) in [6, 6.07) is 17.8. The van der Waals surface area contributed by atoms with Gasteiger partial charge >= 0.3 is 0 Å². The van der Waals surface area contributed by atoms with Crippen molar-refractivity contribution in [1.29, 1.82) is 0 Å². The van der Waals surface area contributed by atoms with Gasteiger partial charge in [0.15, 0.2) is 18.1 Å². The summed E-state index contributed by atoms with van der Waals surface area (Å²) in [5.74, 6) is -0.0897. The molecule has 33 heavy (non-hydrogen) atoms. The van der Waals surface area contributed by atoms with E-state index in [0.717, 1.165) is 4.90 Å². The van der Waals surface area contributed by atoms with Crippen LogP contribution in [0.25, 0.3) is 0 Å². The first-order valence-corrected chi connectivity index (χ1v) is 10.9. The molecule has 3 aromatic rings. The van der Waals surface area contributed by atoms with Crippen LogP contribution in [0.1, 0.15) is 10.4 Å². The average molecular weight is 468 g/mol. The van der Waals surface area contributed by atoms with Gasteiger partial charge in [-0.3, -0.25) is 19.7 Å². The van der Waals surface area contributed by atoms with E-state index in [2.05, 4.69) is 10.6 Å². The van der Waals surface area contributed by atoms with E-state index < -0.39 is 16.7 Å². The van der Waals surface area contributed by atoms with Crippen LogP contribution in [0.3, 0.4) is 0 Å². The van der Waals surface area contributed by atoms with E-state index in [4.69, 9.17) is 9.47 Å². The van der Waals surface area contributed by atoms with Gasteiger partial charge in [-0.2, -0.15) is 0 Å². The first-order chi connectivity index (χ1) is 15.9. The van der Waals surface area contributed by atoms with Crippen LogP contribution >= 0.6 is 11.8 Å². The number of methoxy groups -OCH3 is 1. The van der Waals surface area contributed by atoms with Crippen molar-refractivity contribution < 1.29 is 24.0 Å². The summed E-state index contributed by atoms with van der Waals surface area (Å²) in [7, 11) is 1.51. The predicted molar refractivity (Wildman–Crippen MR) is 126 cm³/mol. The van der Waals surface area contributed by atoms with Crippen molar-refractivity contribution in [2.75, 3.05) is 30.6 Å². The number of nitrogens with zero attached hydrogens (tertiary/aromatic N) is 1. The van der Waals surface area contributed by atoms with Crippen LogP contribution in [0.4, 0.5) is 17.1 Å². The van der Waals surface area contributed by atoms with Crippen LogP contribution in [-0.2, 0) is 4.79 Å². The Morgan fingerprint density at radius 2 is 1.67 bits per heavy atom. The van der Waals surface area contributed by atoms with Gasteiger partial charge < -0.3 is 20.1 Å². The highest BCUT2D eigenvalue weighted by atomic mass is 32.2. The van der Waals surface area contributed by atoms with Crippen molar-refractivity contribution in [3.8, 4) is 11.5 Å². The fourth-order valence-electron chi connectivity index (χ4n) is 2.93. The number of hydrogen-bond acceptors (Lipinski definition) is 7. The number of carbonyl (C=O) groups excluding carboxylic acids is 2. The molecule has 0 radical (unpaired) electrons. The van der Waals surface area contributed by atoms with Gasteiger partial charge in [-0.15, -0.1) is 11.8 Å². The van der Waals surface area contributed by atoms with Gasteiger partial charge in [0.05, 0.1) is 12.0 Å². The molecule has 3 aromatic carbocycles. The minimum absolute atomic E-state index is 0.0495. The number of amides is 2. The molecule has 0 heterocycles. The monoisotopic (exact) mass is 467 g/mol. The van der Waals surface area contributed by atoms with Gasteiger partial charge in [0.1, 0.15) is 5.56 Å². The maximum absolute atomic E-state index is 12.7. The third kappa shape index (κ3) is 6.23. The minimum Gasteiger partial charge on any atom is -0.493 e. The molecule has 0 atom stereocenters. The number of nitro benzene ring substituents is 1. The van der Waals surface area contributed by atoms with Crippen LogP contribution in [-0.4, -0.2) is 36.7 Å². The fourth-order valence-corrected chi connectivity index (χ4v) is 3.37. The molecule has 0 aromatic heterocycles. The number of carbonyl (C=O) groups is 2. The van der Waals surface area contributed by atoms with Crippen molar-refractivity contribution in [2.45, 2.75) is 4.90 Å². The quantitative estimate of drug-likeness (QED) is 0.268. The second kappa shape index (κ2) is 11.0. The van der Waals surface area contributed by atoms with Crippen molar-refractivity contribution in [3.05, 3.63) is 82.4 Å². The molecule has 9 nitrogen and oxygen atoms in total. The van der Waals surface area contributed by atoms with Gasteiger partial charge in [0, 0.05) is 22.3 Å². The number of ether oxygens (including phenoxy) is 2. The van der Waals surface area contributed by atoms with E-state index in [-0.39, 0.29) is 17.9 Å². The lowest BCUT2D eigenvalue weighted by Gasteiger charge is -2.11. The molecule has 0 spiro atoms. The molecule has 0 saturated carbocycles. The summed E-state index contributed by atoms with van der Waals surface area (Å²) in [6.07, 6.45) is 1.81. The number of rotatable bonds is 9. The maximum Gasteiger partial charge on any atom is 0.282 e. The normalized spacial score (nSPS) is 10.2. The van der Waals surface area contributed by atoms with E-state index in [1.807, 2.05) is 6.26 Å². The number of hydrogen-bond donors (Lipinski definition) is 2. The lowest BCUT2D eigenvalue weighted by atomic mass is 10.1. The van der Waals surface area contributed by atoms with Gasteiger partial charge in [-0.1, -0.05) is 18.2 Å². The largest absolute Gasteiger partial charge is 0.493 e. The molecule has 0 fully saturated rings. The topological polar surface area (TPSA) is 120 Å². The van der Waals surface area contributed by atoms with Gasteiger partial charge in [-0.05, 0) is 48.7 Å². The molecule has 0 bridgehead atoms. The van der Waals surface area contributed by atoms with Crippen LogP contribution in [0.15, 0.2) is 71.6 Å². The zero-order valence-electron chi connectivity index (χ0n) is 17.9. The fraction of sp³-hybridized carbons (Fsp3) is 0.130. The van der Waals surface area contributed by atoms with Gasteiger partial charge in [-0.25, -0.2) is 0 Å². The molecular weight excluding hydrogens is 446 g/mol. The van der Waals surface area contributed by atoms with Crippen molar-refractivity contribution in [2.24, 2.45) is 0 Å². The molecule has 0 aliphatic carbocycles. The second-order valence-electron chi connectivity index (χ2n) is 6.66. The Balaban J connectivity index is 1.67. The van der Waals surface area contributed by atoms with E-state index in [9.17, 15) is 19.7 Å². The first kappa shape index (κ1) is 23.6. The highest BCUT2D eigenvalue weighted by Gasteiger charge is 2.21. The summed E-state index contributed by atoms with van der Waals surface area (Å²) in [6.45, 7) is -0.245. The molecule has 2 N–H and O–H groups in total.